The van der Waals surface area contributed by atoms with E-state index in [0.29, 0.717) is 22.6 Å². The monoisotopic (exact) mass is 407 g/mol. The molecule has 0 unspecified atom stereocenters. The van der Waals surface area contributed by atoms with Crippen molar-refractivity contribution in [3.05, 3.63) is 120 Å². The molecule has 0 fully saturated rings. The van der Waals surface area contributed by atoms with Gasteiger partial charge in [-0.1, -0.05) is 72.8 Å². The molecule has 4 aromatic carbocycles. The summed E-state index contributed by atoms with van der Waals surface area (Å²) in [5.41, 5.74) is 4.12. The molecule has 1 amide bonds. The first-order valence-electron chi connectivity index (χ1n) is 9.97. The van der Waals surface area contributed by atoms with Crippen molar-refractivity contribution in [3.8, 4) is 16.9 Å². The predicted molar refractivity (Wildman–Crippen MR) is 122 cm³/mol. The van der Waals surface area contributed by atoms with Gasteiger partial charge in [-0.2, -0.15) is 0 Å². The van der Waals surface area contributed by atoms with E-state index in [9.17, 15) is 9.59 Å². The van der Waals surface area contributed by atoms with Crippen LogP contribution >= 0.6 is 0 Å². The van der Waals surface area contributed by atoms with Crippen molar-refractivity contribution in [3.63, 3.8) is 0 Å². The first kappa shape index (κ1) is 20.1. The van der Waals surface area contributed by atoms with Crippen LogP contribution in [0.4, 0.5) is 5.69 Å². The zero-order chi connectivity index (χ0) is 21.5. The van der Waals surface area contributed by atoms with Crippen LogP contribution in [0, 0.1) is 0 Å². The van der Waals surface area contributed by atoms with E-state index < -0.39 is 0 Å². The minimum atomic E-state index is -0.253. The molecule has 152 valence electrons. The highest BCUT2D eigenvalue weighted by Crippen LogP contribution is 2.21. The SMILES string of the molecule is O=C(COc1ccc(C(=O)c2ccccc2)cc1)Nc1ccc(-c2ccccc2)cc1. The molecule has 0 saturated carbocycles. The van der Waals surface area contributed by atoms with Crippen LogP contribution in [0.15, 0.2) is 109 Å². The summed E-state index contributed by atoms with van der Waals surface area (Å²) in [6.07, 6.45) is 0. The Hall–Kier alpha value is -4.18. The predicted octanol–water partition coefficient (Wildman–Crippen LogP) is 5.60. The third-order valence-electron chi connectivity index (χ3n) is 4.80. The van der Waals surface area contributed by atoms with Gasteiger partial charge >= 0.3 is 0 Å². The number of carbonyl (C=O) groups is 2. The highest BCUT2D eigenvalue weighted by atomic mass is 16.5. The van der Waals surface area contributed by atoms with Gasteiger partial charge in [-0.15, -0.1) is 0 Å². The lowest BCUT2D eigenvalue weighted by molar-refractivity contribution is -0.118. The minimum absolute atomic E-state index is 0.0520. The lowest BCUT2D eigenvalue weighted by Crippen LogP contribution is -2.20. The van der Waals surface area contributed by atoms with E-state index in [-0.39, 0.29) is 18.3 Å². The number of rotatable bonds is 7. The highest BCUT2D eigenvalue weighted by molar-refractivity contribution is 6.09. The van der Waals surface area contributed by atoms with Gasteiger partial charge in [-0.05, 0) is 47.5 Å². The van der Waals surface area contributed by atoms with E-state index in [0.717, 1.165) is 11.1 Å². The zero-order valence-electron chi connectivity index (χ0n) is 16.8. The number of benzene rings is 4. The second-order valence-electron chi connectivity index (χ2n) is 7.00. The van der Waals surface area contributed by atoms with Gasteiger partial charge < -0.3 is 10.1 Å². The summed E-state index contributed by atoms with van der Waals surface area (Å²) in [7, 11) is 0. The Balaban J connectivity index is 1.30. The lowest BCUT2D eigenvalue weighted by atomic mass is 10.0. The first-order chi connectivity index (χ1) is 15.2. The number of ether oxygens (including phenoxy) is 1. The molecule has 0 aliphatic heterocycles. The number of hydrogen-bond donors (Lipinski definition) is 1. The summed E-state index contributed by atoms with van der Waals surface area (Å²) in [5, 5.41) is 2.82. The third kappa shape index (κ3) is 5.25. The Labute approximate surface area is 181 Å². The fraction of sp³-hybridized carbons (Fsp3) is 0.0370. The molecule has 0 atom stereocenters. The Morgan fingerprint density at radius 1 is 0.613 bits per heavy atom. The van der Waals surface area contributed by atoms with Crippen LogP contribution in [0.1, 0.15) is 15.9 Å². The molecule has 0 aromatic heterocycles. The molecule has 4 rings (SSSR count). The van der Waals surface area contributed by atoms with Crippen molar-refractivity contribution in [2.75, 3.05) is 11.9 Å². The van der Waals surface area contributed by atoms with Crippen molar-refractivity contribution in [2.24, 2.45) is 0 Å². The van der Waals surface area contributed by atoms with Crippen molar-refractivity contribution in [2.45, 2.75) is 0 Å². The summed E-state index contributed by atoms with van der Waals surface area (Å²) in [6.45, 7) is -0.119. The molecule has 0 bridgehead atoms. The fourth-order valence-electron chi connectivity index (χ4n) is 3.18. The lowest BCUT2D eigenvalue weighted by Gasteiger charge is -2.09. The number of ketones is 1. The second kappa shape index (κ2) is 9.55. The van der Waals surface area contributed by atoms with E-state index >= 15 is 0 Å². The molecular weight excluding hydrogens is 386 g/mol. The Bertz CT molecular complexity index is 1150. The number of hydrogen-bond acceptors (Lipinski definition) is 3. The quantitative estimate of drug-likeness (QED) is 0.406. The maximum atomic E-state index is 12.4. The Morgan fingerprint density at radius 3 is 1.81 bits per heavy atom. The van der Waals surface area contributed by atoms with Crippen molar-refractivity contribution in [1.29, 1.82) is 0 Å². The van der Waals surface area contributed by atoms with E-state index in [1.807, 2.05) is 72.8 Å². The smallest absolute Gasteiger partial charge is 0.262 e. The van der Waals surface area contributed by atoms with Crippen LogP contribution in [0.25, 0.3) is 11.1 Å². The molecule has 0 aliphatic carbocycles. The van der Waals surface area contributed by atoms with Gasteiger partial charge in [0.15, 0.2) is 12.4 Å². The summed E-state index contributed by atoms with van der Waals surface area (Å²) in [4.78, 5) is 24.6. The summed E-state index contributed by atoms with van der Waals surface area (Å²) in [5.74, 6) is 0.222. The third-order valence-corrected chi connectivity index (χ3v) is 4.80. The molecule has 0 heterocycles. The average molecular weight is 407 g/mol. The van der Waals surface area contributed by atoms with Crippen LogP contribution in [0.2, 0.25) is 0 Å². The van der Waals surface area contributed by atoms with Crippen molar-refractivity contribution in [1.82, 2.24) is 0 Å². The maximum Gasteiger partial charge on any atom is 0.262 e. The first-order valence-corrected chi connectivity index (χ1v) is 9.97. The molecule has 31 heavy (non-hydrogen) atoms. The van der Waals surface area contributed by atoms with Gasteiger partial charge in [0.1, 0.15) is 5.75 Å². The summed E-state index contributed by atoms with van der Waals surface area (Å²) in [6, 6.07) is 33.6. The molecule has 1 N–H and O–H groups in total. The van der Waals surface area contributed by atoms with Gasteiger partial charge in [-0.3, -0.25) is 9.59 Å². The molecule has 4 nitrogen and oxygen atoms in total. The molecule has 0 saturated heterocycles. The van der Waals surface area contributed by atoms with Crippen LogP contribution in [0.3, 0.4) is 0 Å². The minimum Gasteiger partial charge on any atom is -0.484 e. The topological polar surface area (TPSA) is 55.4 Å². The van der Waals surface area contributed by atoms with E-state index in [2.05, 4.69) is 5.32 Å². The number of carbonyl (C=O) groups excluding carboxylic acids is 2. The number of nitrogens with one attached hydrogen (secondary N) is 1. The second-order valence-corrected chi connectivity index (χ2v) is 7.00. The summed E-state index contributed by atoms with van der Waals surface area (Å²) < 4.78 is 5.55. The molecule has 0 radical (unpaired) electrons. The van der Waals surface area contributed by atoms with Crippen LogP contribution in [-0.4, -0.2) is 18.3 Å². The molecule has 4 heteroatoms. The van der Waals surface area contributed by atoms with Gasteiger partial charge in [0, 0.05) is 16.8 Å². The summed E-state index contributed by atoms with van der Waals surface area (Å²) >= 11 is 0. The highest BCUT2D eigenvalue weighted by Gasteiger charge is 2.09. The average Bonchev–Trinajstić information content (AvgIpc) is 2.84. The largest absolute Gasteiger partial charge is 0.484 e. The fourth-order valence-corrected chi connectivity index (χ4v) is 3.18. The zero-order valence-corrected chi connectivity index (χ0v) is 16.8. The van der Waals surface area contributed by atoms with E-state index in [1.165, 1.54) is 0 Å². The van der Waals surface area contributed by atoms with Crippen molar-refractivity contribution >= 4 is 17.4 Å². The Kier molecular flexibility index (Phi) is 6.19. The number of amides is 1. The van der Waals surface area contributed by atoms with Gasteiger partial charge in [-0.25, -0.2) is 0 Å². The van der Waals surface area contributed by atoms with Crippen LogP contribution in [0.5, 0.6) is 5.75 Å². The Morgan fingerprint density at radius 2 is 1.16 bits per heavy atom. The molecule has 4 aromatic rings. The van der Waals surface area contributed by atoms with Gasteiger partial charge in [0.05, 0.1) is 0 Å². The molecular formula is C27H21NO3. The number of anilines is 1. The normalized spacial score (nSPS) is 10.3. The maximum absolute atomic E-state index is 12.4. The van der Waals surface area contributed by atoms with E-state index in [4.69, 9.17) is 4.74 Å². The van der Waals surface area contributed by atoms with E-state index in [1.54, 1.807) is 36.4 Å². The van der Waals surface area contributed by atoms with Crippen molar-refractivity contribution < 1.29 is 14.3 Å². The van der Waals surface area contributed by atoms with Gasteiger partial charge in [0.25, 0.3) is 5.91 Å². The molecule has 0 aliphatic rings. The van der Waals surface area contributed by atoms with Gasteiger partial charge in [0.2, 0.25) is 0 Å². The molecule has 0 spiro atoms. The standard InChI is InChI=1S/C27H21NO3/c29-26(28-24-15-11-21(12-16-24)20-7-3-1-4-8-20)19-31-25-17-13-23(14-18-25)27(30)22-9-5-2-6-10-22/h1-18H,19H2,(H,28,29). The van der Waals surface area contributed by atoms with Crippen LogP contribution in [-0.2, 0) is 4.79 Å². The van der Waals surface area contributed by atoms with Crippen LogP contribution < -0.4 is 10.1 Å².